The van der Waals surface area contributed by atoms with Gasteiger partial charge in [0.05, 0.1) is 5.52 Å². The fourth-order valence-electron chi connectivity index (χ4n) is 3.83. The Morgan fingerprint density at radius 3 is 2.46 bits per heavy atom. The van der Waals surface area contributed by atoms with E-state index >= 15 is 0 Å². The number of hydrogen-bond donors (Lipinski definition) is 0. The van der Waals surface area contributed by atoms with E-state index < -0.39 is 0 Å². The van der Waals surface area contributed by atoms with Crippen LogP contribution in [-0.4, -0.2) is 9.38 Å². The van der Waals surface area contributed by atoms with Crippen molar-refractivity contribution in [2.45, 2.75) is 0 Å². The van der Waals surface area contributed by atoms with Crippen LogP contribution in [0.3, 0.4) is 0 Å². The summed E-state index contributed by atoms with van der Waals surface area (Å²) in [6, 6.07) is 20.9. The molecule has 3 aromatic heterocycles. The number of furan rings is 1. The van der Waals surface area contributed by atoms with E-state index in [1.807, 2.05) is 24.5 Å². The van der Waals surface area contributed by atoms with Crippen LogP contribution in [0.5, 0.6) is 0 Å². The van der Waals surface area contributed by atoms with E-state index in [9.17, 15) is 0 Å². The van der Waals surface area contributed by atoms with Gasteiger partial charge in [-0.1, -0.05) is 42.5 Å². The summed E-state index contributed by atoms with van der Waals surface area (Å²) in [5, 5.41) is 5.77. The van der Waals surface area contributed by atoms with Crippen LogP contribution in [0.4, 0.5) is 0 Å². The summed E-state index contributed by atoms with van der Waals surface area (Å²) in [5.74, 6) is 0. The summed E-state index contributed by atoms with van der Waals surface area (Å²) < 4.78 is 8.41. The van der Waals surface area contributed by atoms with Crippen LogP contribution in [0, 0.1) is 0 Å². The van der Waals surface area contributed by atoms with E-state index in [-0.39, 0.29) is 0 Å². The first-order chi connectivity index (χ1) is 11.9. The number of benzene rings is 3. The second kappa shape index (κ2) is 4.15. The maximum atomic E-state index is 6.27. The maximum Gasteiger partial charge on any atom is 0.145 e. The van der Waals surface area contributed by atoms with Crippen LogP contribution in [0.2, 0.25) is 0 Å². The van der Waals surface area contributed by atoms with Crippen molar-refractivity contribution in [3.05, 3.63) is 73.1 Å². The lowest BCUT2D eigenvalue weighted by molar-refractivity contribution is 0.673. The molecule has 0 fully saturated rings. The van der Waals surface area contributed by atoms with Crippen LogP contribution >= 0.6 is 0 Å². The van der Waals surface area contributed by atoms with Gasteiger partial charge in [0, 0.05) is 33.9 Å². The monoisotopic (exact) mass is 308 g/mol. The molecule has 0 aliphatic carbocycles. The lowest BCUT2D eigenvalue weighted by Gasteiger charge is -2.08. The molecule has 0 aliphatic heterocycles. The molecule has 0 aliphatic rings. The van der Waals surface area contributed by atoms with E-state index in [1.54, 1.807) is 0 Å². The largest absolute Gasteiger partial charge is 0.455 e. The SMILES string of the molecule is c1ccc2c(c1)oc1c2ccc2c1c1ccccc1c1nccn21. The Labute approximate surface area is 136 Å². The van der Waals surface area contributed by atoms with Gasteiger partial charge in [0.1, 0.15) is 16.8 Å². The van der Waals surface area contributed by atoms with Gasteiger partial charge < -0.3 is 4.42 Å². The highest BCUT2D eigenvalue weighted by Gasteiger charge is 2.15. The summed E-state index contributed by atoms with van der Waals surface area (Å²) in [6.45, 7) is 0. The van der Waals surface area contributed by atoms with Crippen LogP contribution in [-0.2, 0) is 0 Å². The average molecular weight is 308 g/mol. The van der Waals surface area contributed by atoms with Gasteiger partial charge in [0.25, 0.3) is 0 Å². The van der Waals surface area contributed by atoms with Crippen molar-refractivity contribution < 1.29 is 4.42 Å². The summed E-state index contributed by atoms with van der Waals surface area (Å²) in [6.07, 6.45) is 3.86. The topological polar surface area (TPSA) is 30.4 Å². The molecule has 0 radical (unpaired) electrons. The molecule has 0 atom stereocenters. The van der Waals surface area contributed by atoms with Gasteiger partial charge in [-0.3, -0.25) is 4.40 Å². The molecule has 3 aromatic carbocycles. The van der Waals surface area contributed by atoms with Crippen molar-refractivity contribution in [3.8, 4) is 0 Å². The normalized spacial score (nSPS) is 12.2. The van der Waals surface area contributed by atoms with Crippen LogP contribution in [0.1, 0.15) is 0 Å². The lowest BCUT2D eigenvalue weighted by Crippen LogP contribution is -1.90. The molecule has 0 amide bonds. The Bertz CT molecular complexity index is 1410. The van der Waals surface area contributed by atoms with Gasteiger partial charge in [0.2, 0.25) is 0 Å². The fraction of sp³-hybridized carbons (Fsp3) is 0. The van der Waals surface area contributed by atoms with E-state index in [2.05, 4.69) is 57.9 Å². The smallest absolute Gasteiger partial charge is 0.145 e. The van der Waals surface area contributed by atoms with Gasteiger partial charge in [-0.2, -0.15) is 0 Å². The van der Waals surface area contributed by atoms with Crippen molar-refractivity contribution in [2.75, 3.05) is 0 Å². The van der Waals surface area contributed by atoms with Gasteiger partial charge in [0.15, 0.2) is 0 Å². The molecule has 112 valence electrons. The Kier molecular flexibility index (Phi) is 2.10. The minimum atomic E-state index is 0.926. The van der Waals surface area contributed by atoms with Crippen LogP contribution < -0.4 is 0 Å². The standard InChI is InChI=1S/C21H12N2O/c1-2-7-16-14(6-1)19-17(23-12-11-22-21(16)23)10-9-15-13-5-3-4-8-18(13)24-20(15)19/h1-12H. The Balaban J connectivity index is 2.03. The minimum absolute atomic E-state index is 0.926. The van der Waals surface area contributed by atoms with Crippen molar-refractivity contribution >= 4 is 49.3 Å². The summed E-state index contributed by atoms with van der Waals surface area (Å²) in [4.78, 5) is 4.55. The highest BCUT2D eigenvalue weighted by molar-refractivity contribution is 6.24. The second-order valence-electron chi connectivity index (χ2n) is 6.10. The molecule has 6 rings (SSSR count). The van der Waals surface area contributed by atoms with E-state index in [1.165, 1.54) is 5.39 Å². The first kappa shape index (κ1) is 12.1. The van der Waals surface area contributed by atoms with Crippen molar-refractivity contribution in [1.82, 2.24) is 9.38 Å². The molecular formula is C21H12N2O. The summed E-state index contributed by atoms with van der Waals surface area (Å²) in [5.41, 5.74) is 3.97. The van der Waals surface area contributed by atoms with E-state index in [0.717, 1.165) is 43.9 Å². The molecule has 0 N–H and O–H groups in total. The highest BCUT2D eigenvalue weighted by atomic mass is 16.3. The first-order valence-corrected chi connectivity index (χ1v) is 7.99. The number of para-hydroxylation sites is 1. The first-order valence-electron chi connectivity index (χ1n) is 7.99. The molecule has 0 unspecified atom stereocenters. The molecule has 6 aromatic rings. The Morgan fingerprint density at radius 1 is 0.750 bits per heavy atom. The zero-order valence-electron chi connectivity index (χ0n) is 12.7. The molecular weight excluding hydrogens is 296 g/mol. The predicted octanol–water partition coefficient (Wildman–Crippen LogP) is 5.54. The molecule has 0 bridgehead atoms. The summed E-state index contributed by atoms with van der Waals surface area (Å²) in [7, 11) is 0. The second-order valence-corrected chi connectivity index (χ2v) is 6.10. The highest BCUT2D eigenvalue weighted by Crippen LogP contribution is 2.38. The van der Waals surface area contributed by atoms with Crippen molar-refractivity contribution in [3.63, 3.8) is 0 Å². The third kappa shape index (κ3) is 1.35. The molecule has 3 nitrogen and oxygen atoms in total. The molecule has 0 saturated carbocycles. The average Bonchev–Trinajstić information content (AvgIpc) is 3.26. The van der Waals surface area contributed by atoms with Gasteiger partial charge in [-0.15, -0.1) is 0 Å². The minimum Gasteiger partial charge on any atom is -0.455 e. The number of aromatic nitrogens is 2. The maximum absolute atomic E-state index is 6.27. The molecule has 3 heterocycles. The molecule has 24 heavy (non-hydrogen) atoms. The number of pyridine rings is 1. The van der Waals surface area contributed by atoms with Crippen molar-refractivity contribution in [1.29, 1.82) is 0 Å². The lowest BCUT2D eigenvalue weighted by atomic mass is 10.0. The quantitative estimate of drug-likeness (QED) is 0.345. The molecule has 3 heteroatoms. The third-order valence-electron chi connectivity index (χ3n) is 4.86. The predicted molar refractivity (Wildman–Crippen MR) is 97.5 cm³/mol. The Hall–Kier alpha value is -3.33. The van der Waals surface area contributed by atoms with E-state index in [0.29, 0.717) is 0 Å². The third-order valence-corrected chi connectivity index (χ3v) is 4.86. The number of fused-ring (bicyclic) bond motifs is 10. The number of rotatable bonds is 0. The van der Waals surface area contributed by atoms with E-state index in [4.69, 9.17) is 4.42 Å². The van der Waals surface area contributed by atoms with Gasteiger partial charge in [-0.05, 0) is 23.6 Å². The fourth-order valence-corrected chi connectivity index (χ4v) is 3.83. The van der Waals surface area contributed by atoms with Crippen LogP contribution in [0.25, 0.3) is 49.3 Å². The zero-order valence-corrected chi connectivity index (χ0v) is 12.7. The Morgan fingerprint density at radius 2 is 1.54 bits per heavy atom. The van der Waals surface area contributed by atoms with Gasteiger partial charge >= 0.3 is 0 Å². The molecule has 0 saturated heterocycles. The number of nitrogens with zero attached hydrogens (tertiary/aromatic N) is 2. The number of imidazole rings is 1. The number of hydrogen-bond acceptors (Lipinski definition) is 2. The van der Waals surface area contributed by atoms with Crippen molar-refractivity contribution in [2.24, 2.45) is 0 Å². The zero-order chi connectivity index (χ0) is 15.7. The van der Waals surface area contributed by atoms with Gasteiger partial charge in [-0.25, -0.2) is 4.98 Å². The molecule has 0 spiro atoms. The van der Waals surface area contributed by atoms with Crippen LogP contribution in [0.15, 0.2) is 77.5 Å². The summed E-state index contributed by atoms with van der Waals surface area (Å²) >= 11 is 0.